The number of rotatable bonds is 32. The fraction of sp³-hybridized carbons (Fsp3) is 0.946. The Morgan fingerprint density at radius 2 is 0.918 bits per heavy atom. The summed E-state index contributed by atoms with van der Waals surface area (Å²) in [5.74, 6) is 6.37. The minimum atomic E-state index is -0.758. The summed E-state index contributed by atoms with van der Waals surface area (Å²) in [7, 11) is 0. The molecule has 0 aromatic heterocycles. The van der Waals surface area contributed by atoms with E-state index in [1.807, 2.05) is 27.7 Å². The number of esters is 1. The smallest absolute Gasteiger partial charge is 0.306 e. The van der Waals surface area contributed by atoms with Crippen molar-refractivity contribution in [1.82, 2.24) is 0 Å². The van der Waals surface area contributed by atoms with Crippen LogP contribution in [0.1, 0.15) is 286 Å². The molecule has 61 heavy (non-hydrogen) atoms. The van der Waals surface area contributed by atoms with E-state index in [4.69, 9.17) is 16.1 Å². The van der Waals surface area contributed by atoms with Crippen molar-refractivity contribution in [2.24, 2.45) is 35.5 Å². The van der Waals surface area contributed by atoms with Crippen LogP contribution in [0.5, 0.6) is 0 Å². The van der Waals surface area contributed by atoms with Gasteiger partial charge in [-0.1, -0.05) is 170 Å². The number of unbranched alkanes of at least 4 members (excludes halogenated alkanes) is 9. The number of fused-ring (bicyclic) bond motifs is 2. The van der Waals surface area contributed by atoms with Crippen molar-refractivity contribution in [3.8, 4) is 0 Å². The summed E-state index contributed by atoms with van der Waals surface area (Å²) in [6.45, 7) is 21.4. The third-order valence-electron chi connectivity index (χ3n) is 15.4. The van der Waals surface area contributed by atoms with Crippen LogP contribution in [-0.4, -0.2) is 28.9 Å². The second kappa shape index (κ2) is 37.2. The van der Waals surface area contributed by atoms with Crippen molar-refractivity contribution in [3.05, 3.63) is 12.3 Å². The van der Waals surface area contributed by atoms with Crippen LogP contribution in [0.3, 0.4) is 0 Å². The van der Waals surface area contributed by atoms with Crippen LogP contribution in [0.25, 0.3) is 0 Å². The van der Waals surface area contributed by atoms with Gasteiger partial charge >= 0.3 is 5.97 Å². The second-order valence-electron chi connectivity index (χ2n) is 20.2. The summed E-state index contributed by atoms with van der Waals surface area (Å²) in [5.41, 5.74) is -0.758. The third kappa shape index (κ3) is 25.5. The Kier molecular flexibility index (Phi) is 36.0. The topological polar surface area (TPSA) is 55.8 Å². The van der Waals surface area contributed by atoms with Crippen LogP contribution < -0.4 is 0 Å². The summed E-state index contributed by atoms with van der Waals surface area (Å²) >= 11 is 0. The summed E-state index contributed by atoms with van der Waals surface area (Å²) in [5, 5.41) is 11.8. The first kappa shape index (κ1) is 59.0. The fourth-order valence-corrected chi connectivity index (χ4v) is 12.1. The molecule has 1 N–H and O–H groups in total. The van der Waals surface area contributed by atoms with Crippen molar-refractivity contribution in [3.63, 3.8) is 0 Å². The number of allylic oxidation sites excluding steroid dienone is 1. The molecular formula is C56H105O4U-. The zero-order valence-corrected chi connectivity index (χ0v) is 46.2. The molecule has 0 saturated heterocycles. The van der Waals surface area contributed by atoms with Gasteiger partial charge in [0.05, 0.1) is 11.7 Å². The first-order valence-corrected chi connectivity index (χ1v) is 27.5. The zero-order chi connectivity index (χ0) is 43.9. The molecule has 0 aliphatic heterocycles. The van der Waals surface area contributed by atoms with Gasteiger partial charge < -0.3 is 21.2 Å². The molecule has 4 saturated carbocycles. The van der Waals surface area contributed by atoms with E-state index in [-0.39, 0.29) is 49.3 Å². The molecule has 4 rings (SSSR count). The maximum Gasteiger partial charge on any atom is 0.306 e. The molecule has 4 aliphatic rings. The second-order valence-corrected chi connectivity index (χ2v) is 20.2. The SMILES string of the molecule is CC.CC.[CH-]=C(CCCC(O)(CCCC)CCCC(=O)OC(CCCCCCC)CCCCCCC)OC(CCC1CC2CCCCC2C1)CCC1CC2CCCCC2C1.[U]. The molecule has 4 nitrogen and oxygen atoms in total. The number of hydrogen-bond donors (Lipinski definition) is 1. The molecule has 0 aromatic carbocycles. The maximum atomic E-state index is 13.1. The summed E-state index contributed by atoms with van der Waals surface area (Å²) in [6, 6.07) is 0. The van der Waals surface area contributed by atoms with Gasteiger partial charge in [-0.15, -0.1) is 0 Å². The summed E-state index contributed by atoms with van der Waals surface area (Å²) in [4.78, 5) is 13.1. The van der Waals surface area contributed by atoms with Crippen molar-refractivity contribution >= 4 is 5.97 Å². The quantitative estimate of drug-likeness (QED) is 0.0316. The Bertz CT molecular complexity index is 970. The number of aliphatic hydroxyl groups is 1. The first-order chi connectivity index (χ1) is 29.3. The Labute approximate surface area is 405 Å². The molecule has 0 radical (unpaired) electrons. The molecule has 5 heteroatoms. The van der Waals surface area contributed by atoms with Gasteiger partial charge in [0.1, 0.15) is 6.10 Å². The van der Waals surface area contributed by atoms with Gasteiger partial charge in [-0.3, -0.25) is 4.79 Å². The molecule has 4 aliphatic carbocycles. The molecule has 0 amide bonds. The molecule has 5 atom stereocenters. The summed E-state index contributed by atoms with van der Waals surface area (Å²) in [6.07, 6.45) is 44.0. The number of ether oxygens (including phenoxy) is 2. The van der Waals surface area contributed by atoms with E-state index >= 15 is 0 Å². The van der Waals surface area contributed by atoms with Gasteiger partial charge in [0.15, 0.2) is 0 Å². The monoisotopic (exact) mass is 1080 g/mol. The van der Waals surface area contributed by atoms with Gasteiger partial charge in [0, 0.05) is 37.5 Å². The zero-order valence-electron chi connectivity index (χ0n) is 42.0. The van der Waals surface area contributed by atoms with Crippen LogP contribution in [0.4, 0.5) is 0 Å². The largest absolute Gasteiger partial charge is 0.532 e. The Morgan fingerprint density at radius 3 is 1.34 bits per heavy atom. The molecule has 0 spiro atoms. The van der Waals surface area contributed by atoms with Gasteiger partial charge in [0.2, 0.25) is 0 Å². The van der Waals surface area contributed by atoms with Crippen LogP contribution in [0.15, 0.2) is 5.76 Å². The summed E-state index contributed by atoms with van der Waals surface area (Å²) < 4.78 is 12.8. The average molecular weight is 1080 g/mol. The molecule has 358 valence electrons. The van der Waals surface area contributed by atoms with Crippen molar-refractivity contribution in [2.75, 3.05) is 0 Å². The van der Waals surface area contributed by atoms with E-state index < -0.39 is 5.60 Å². The Hall–Kier alpha value is 0.0219. The van der Waals surface area contributed by atoms with E-state index in [0.29, 0.717) is 37.9 Å². The van der Waals surface area contributed by atoms with Crippen molar-refractivity contribution < 1.29 is 50.5 Å². The average Bonchev–Trinajstić information content (AvgIpc) is 3.89. The minimum Gasteiger partial charge on any atom is -0.532 e. The van der Waals surface area contributed by atoms with Gasteiger partial charge in [-0.05, 0) is 151 Å². The molecule has 0 aromatic rings. The van der Waals surface area contributed by atoms with Crippen LogP contribution in [0, 0.1) is 73.2 Å². The van der Waals surface area contributed by atoms with Crippen LogP contribution >= 0.6 is 0 Å². The minimum absolute atomic E-state index is 0. The van der Waals surface area contributed by atoms with Gasteiger partial charge in [-0.25, -0.2) is 0 Å². The molecule has 0 heterocycles. The molecular weight excluding hydrogens is 975 g/mol. The van der Waals surface area contributed by atoms with E-state index in [9.17, 15) is 9.90 Å². The van der Waals surface area contributed by atoms with Gasteiger partial charge in [-0.2, -0.15) is 0 Å². The predicted octanol–water partition coefficient (Wildman–Crippen LogP) is 17.6. The van der Waals surface area contributed by atoms with Crippen LogP contribution in [-0.2, 0) is 14.3 Å². The Morgan fingerprint density at radius 1 is 0.541 bits per heavy atom. The number of carbonyl (C=O) groups is 1. The van der Waals surface area contributed by atoms with E-state index in [1.54, 1.807) is 0 Å². The van der Waals surface area contributed by atoms with Crippen molar-refractivity contribution in [2.45, 2.75) is 304 Å². The molecule has 5 unspecified atom stereocenters. The fourth-order valence-electron chi connectivity index (χ4n) is 12.1. The molecule has 0 bridgehead atoms. The number of hydrogen-bond acceptors (Lipinski definition) is 4. The van der Waals surface area contributed by atoms with E-state index in [0.717, 1.165) is 99.7 Å². The van der Waals surface area contributed by atoms with E-state index in [2.05, 4.69) is 20.8 Å². The van der Waals surface area contributed by atoms with Gasteiger partial charge in [0.25, 0.3) is 0 Å². The predicted molar refractivity (Wildman–Crippen MR) is 259 cm³/mol. The standard InChI is InChI=1S/C52H93O4.2C2H6.U/c1-5-8-11-13-15-28-49(29-16-14-12-9-6-2)56-51(53)30-22-37-52(54,35-10-7-3)36-21-23-42(4)55-50(33-31-43-38-45-24-17-18-25-46(45)39-43)34-32-44-40-47-26-19-20-27-48(47)41-44;2*1-2;/h4,43-50,54H,5-41H2,1-3H3;2*1-2H3;/q-1;;;. The first-order valence-electron chi connectivity index (χ1n) is 27.5. The maximum absolute atomic E-state index is 13.1. The van der Waals surface area contributed by atoms with Crippen molar-refractivity contribution in [1.29, 1.82) is 0 Å². The normalized spacial score (nSPS) is 24.5. The number of carbonyl (C=O) groups excluding carboxylic acids is 1. The molecule has 4 fully saturated rings. The third-order valence-corrected chi connectivity index (χ3v) is 15.4. The van der Waals surface area contributed by atoms with E-state index in [1.165, 1.54) is 141 Å². The van der Waals surface area contributed by atoms with Crippen LogP contribution in [0.2, 0.25) is 0 Å². The Balaban J connectivity index is 0.00000361.